The highest BCUT2D eigenvalue weighted by Crippen LogP contribution is 2.30. The minimum absolute atomic E-state index is 0.0279. The number of rotatable bonds is 3. The fraction of sp³-hybridized carbons (Fsp3) is 0.273. The average Bonchev–Trinajstić information content (AvgIpc) is 2.75. The van der Waals surface area contributed by atoms with Crippen molar-refractivity contribution < 1.29 is 13.3 Å². The lowest BCUT2D eigenvalue weighted by Crippen LogP contribution is -2.09. The lowest BCUT2D eigenvalue weighted by molar-refractivity contribution is -0.392. The van der Waals surface area contributed by atoms with Crippen LogP contribution in [0.15, 0.2) is 22.1 Å². The van der Waals surface area contributed by atoms with Gasteiger partial charge in [0.05, 0.1) is 9.99 Å². The number of H-pyrrole nitrogens is 1. The van der Waals surface area contributed by atoms with Crippen molar-refractivity contribution >= 4 is 15.7 Å². The summed E-state index contributed by atoms with van der Waals surface area (Å²) in [4.78, 5) is 9.95. The Balaban J connectivity index is 2.74. The number of aryl methyl sites for hydroxylation is 3. The molecule has 20 heavy (non-hydrogen) atoms. The number of nitrogens with zero attached hydrogens (tertiary/aromatic N) is 3. The van der Waals surface area contributed by atoms with Gasteiger partial charge in [-0.05, 0) is 36.8 Å². The Hall–Kier alpha value is -2.29. The van der Waals surface area contributed by atoms with Crippen molar-refractivity contribution in [3.8, 4) is 0 Å². The summed E-state index contributed by atoms with van der Waals surface area (Å²) in [6.07, 6.45) is 0. The van der Waals surface area contributed by atoms with Gasteiger partial charge in [-0.3, -0.25) is 0 Å². The monoisotopic (exact) mass is 296 g/mol. The summed E-state index contributed by atoms with van der Waals surface area (Å²) in [7, 11) is -4.10. The predicted molar refractivity (Wildman–Crippen MR) is 69.1 cm³/mol. The molecule has 9 heteroatoms. The summed E-state index contributed by atoms with van der Waals surface area (Å²) >= 11 is 0. The van der Waals surface area contributed by atoms with Gasteiger partial charge in [-0.25, -0.2) is 8.42 Å². The molecule has 0 aliphatic heterocycles. The molecule has 0 saturated heterocycles. The van der Waals surface area contributed by atoms with Gasteiger partial charge >= 0.3 is 5.82 Å². The second kappa shape index (κ2) is 4.67. The first-order valence-corrected chi connectivity index (χ1v) is 7.11. The van der Waals surface area contributed by atoms with Crippen molar-refractivity contribution in [2.75, 3.05) is 0 Å². The lowest BCUT2D eigenvalue weighted by Gasteiger charge is -2.10. The van der Waals surface area contributed by atoms with Crippen molar-refractivity contribution in [2.24, 2.45) is 0 Å². The van der Waals surface area contributed by atoms with Gasteiger partial charge in [0.2, 0.25) is 9.84 Å². The summed E-state index contributed by atoms with van der Waals surface area (Å²) in [5.74, 6) is -0.802. The predicted octanol–water partition coefficient (Wildman–Crippen LogP) is 1.47. The third-order valence-electron chi connectivity index (χ3n) is 2.80. The van der Waals surface area contributed by atoms with Crippen molar-refractivity contribution in [1.29, 1.82) is 0 Å². The quantitative estimate of drug-likeness (QED) is 0.676. The summed E-state index contributed by atoms with van der Waals surface area (Å²) in [5, 5.41) is 18.8. The summed E-state index contributed by atoms with van der Waals surface area (Å²) in [6.45, 7) is 5.12. The van der Waals surface area contributed by atoms with E-state index < -0.39 is 25.6 Å². The zero-order valence-electron chi connectivity index (χ0n) is 11.0. The third-order valence-corrected chi connectivity index (χ3v) is 4.76. The van der Waals surface area contributed by atoms with Crippen LogP contribution in [0.1, 0.15) is 16.7 Å². The number of nitro groups is 1. The zero-order chi connectivity index (χ0) is 15.1. The highest BCUT2D eigenvalue weighted by Gasteiger charge is 2.34. The maximum absolute atomic E-state index is 12.5. The SMILES string of the molecule is Cc1cc(C)c(S(=O)(=O)c2n[nH]nc2[N+](=O)[O-])c(C)c1. The molecule has 0 amide bonds. The van der Waals surface area contributed by atoms with Gasteiger partial charge in [-0.2, -0.15) is 0 Å². The van der Waals surface area contributed by atoms with Crippen molar-refractivity contribution in [3.05, 3.63) is 38.9 Å². The van der Waals surface area contributed by atoms with Gasteiger partial charge in [-0.15, -0.1) is 10.3 Å². The molecule has 2 rings (SSSR count). The second-order valence-corrected chi connectivity index (χ2v) is 6.24. The van der Waals surface area contributed by atoms with Crippen LogP contribution in [-0.2, 0) is 9.84 Å². The number of aromatic nitrogens is 3. The molecule has 0 radical (unpaired) electrons. The fourth-order valence-electron chi connectivity index (χ4n) is 2.20. The minimum Gasteiger partial charge on any atom is -0.358 e. The fourth-order valence-corrected chi connectivity index (χ4v) is 3.88. The van der Waals surface area contributed by atoms with E-state index in [1.807, 2.05) is 12.1 Å². The molecule has 0 fully saturated rings. The zero-order valence-corrected chi connectivity index (χ0v) is 11.9. The maximum atomic E-state index is 12.5. The second-order valence-electron chi connectivity index (χ2n) is 4.44. The van der Waals surface area contributed by atoms with Crippen LogP contribution in [0, 0.1) is 30.9 Å². The van der Waals surface area contributed by atoms with Gasteiger partial charge in [0.1, 0.15) is 0 Å². The number of sulfone groups is 1. The van der Waals surface area contributed by atoms with Crippen molar-refractivity contribution in [3.63, 3.8) is 0 Å². The highest BCUT2D eigenvalue weighted by atomic mass is 32.2. The van der Waals surface area contributed by atoms with E-state index >= 15 is 0 Å². The molecular formula is C11H12N4O4S. The highest BCUT2D eigenvalue weighted by molar-refractivity contribution is 7.91. The Morgan fingerprint density at radius 2 is 1.70 bits per heavy atom. The standard InChI is InChI=1S/C11H12N4O4S/c1-6-4-7(2)9(8(3)5-6)20(18,19)11-10(15(16)17)12-14-13-11/h4-5H,1-3H3,(H,12,13,14). The Morgan fingerprint density at radius 3 is 2.20 bits per heavy atom. The van der Waals surface area contributed by atoms with Crippen LogP contribution in [0.4, 0.5) is 5.82 Å². The molecule has 0 aliphatic carbocycles. The van der Waals surface area contributed by atoms with E-state index in [4.69, 9.17) is 0 Å². The van der Waals surface area contributed by atoms with Crippen LogP contribution in [0.3, 0.4) is 0 Å². The molecule has 1 heterocycles. The number of aromatic amines is 1. The molecule has 0 saturated carbocycles. The minimum atomic E-state index is -4.10. The van der Waals surface area contributed by atoms with E-state index in [9.17, 15) is 18.5 Å². The van der Waals surface area contributed by atoms with Crippen molar-refractivity contribution in [2.45, 2.75) is 30.7 Å². The molecule has 106 valence electrons. The largest absolute Gasteiger partial charge is 0.429 e. The van der Waals surface area contributed by atoms with E-state index in [1.54, 1.807) is 26.0 Å². The van der Waals surface area contributed by atoms with Crippen LogP contribution < -0.4 is 0 Å². The lowest BCUT2D eigenvalue weighted by atomic mass is 10.1. The van der Waals surface area contributed by atoms with Crippen LogP contribution >= 0.6 is 0 Å². The Labute approximate surface area is 114 Å². The average molecular weight is 296 g/mol. The number of nitrogens with one attached hydrogen (secondary N) is 1. The smallest absolute Gasteiger partial charge is 0.358 e. The topological polar surface area (TPSA) is 119 Å². The van der Waals surface area contributed by atoms with Gasteiger partial charge in [-0.1, -0.05) is 17.7 Å². The summed E-state index contributed by atoms with van der Waals surface area (Å²) < 4.78 is 25.1. The first kappa shape index (κ1) is 14.1. The molecule has 1 N–H and O–H groups in total. The summed E-state index contributed by atoms with van der Waals surface area (Å²) in [5.41, 5.74) is 1.94. The molecule has 0 aliphatic rings. The van der Waals surface area contributed by atoms with Crippen LogP contribution in [-0.4, -0.2) is 28.8 Å². The molecule has 1 aromatic carbocycles. The van der Waals surface area contributed by atoms with Crippen LogP contribution in [0.2, 0.25) is 0 Å². The molecule has 0 atom stereocenters. The maximum Gasteiger partial charge on any atom is 0.429 e. The Bertz CT molecular complexity index is 771. The molecule has 0 unspecified atom stereocenters. The van der Waals surface area contributed by atoms with E-state index in [-0.39, 0.29) is 4.90 Å². The van der Waals surface area contributed by atoms with Crippen LogP contribution in [0.5, 0.6) is 0 Å². The van der Waals surface area contributed by atoms with Crippen LogP contribution in [0.25, 0.3) is 0 Å². The molecule has 0 spiro atoms. The normalized spacial score (nSPS) is 11.6. The first-order valence-electron chi connectivity index (χ1n) is 5.63. The van der Waals surface area contributed by atoms with E-state index in [0.717, 1.165) is 5.56 Å². The number of hydrogen-bond acceptors (Lipinski definition) is 6. The summed E-state index contributed by atoms with van der Waals surface area (Å²) in [6, 6.07) is 3.40. The van der Waals surface area contributed by atoms with Gasteiger partial charge < -0.3 is 10.1 Å². The third kappa shape index (κ3) is 2.16. The van der Waals surface area contributed by atoms with E-state index in [1.165, 1.54) is 0 Å². The van der Waals surface area contributed by atoms with Crippen molar-refractivity contribution in [1.82, 2.24) is 15.4 Å². The molecule has 1 aromatic heterocycles. The van der Waals surface area contributed by atoms with E-state index in [2.05, 4.69) is 10.2 Å². The molecule has 0 bridgehead atoms. The molecule has 2 aromatic rings. The van der Waals surface area contributed by atoms with Gasteiger partial charge in [0.25, 0.3) is 5.03 Å². The Morgan fingerprint density at radius 1 is 1.15 bits per heavy atom. The number of hydrogen-bond donors (Lipinski definition) is 1. The van der Waals surface area contributed by atoms with Gasteiger partial charge in [0.15, 0.2) is 0 Å². The first-order chi connectivity index (χ1) is 9.25. The van der Waals surface area contributed by atoms with Gasteiger partial charge in [0, 0.05) is 0 Å². The number of benzene rings is 1. The van der Waals surface area contributed by atoms with E-state index in [0.29, 0.717) is 11.1 Å². The molecular weight excluding hydrogens is 284 g/mol. The molecule has 8 nitrogen and oxygen atoms in total. The Kier molecular flexibility index (Phi) is 3.30.